The third kappa shape index (κ3) is 2.65. The van der Waals surface area contributed by atoms with E-state index in [2.05, 4.69) is 5.32 Å². The number of carboxylic acids is 1. The zero-order valence-corrected chi connectivity index (χ0v) is 13.5. The van der Waals surface area contributed by atoms with E-state index in [4.69, 9.17) is 5.11 Å². The number of nitrogens with one attached hydrogen (secondary N) is 1. The zero-order valence-electron chi connectivity index (χ0n) is 13.5. The Bertz CT molecular complexity index is 924. The predicted molar refractivity (Wildman–Crippen MR) is 93.7 cm³/mol. The van der Waals surface area contributed by atoms with Crippen LogP contribution in [0.25, 0.3) is 10.9 Å². The van der Waals surface area contributed by atoms with E-state index in [-0.39, 0.29) is 11.5 Å². The van der Waals surface area contributed by atoms with Gasteiger partial charge in [0.2, 0.25) is 0 Å². The van der Waals surface area contributed by atoms with Crippen LogP contribution in [0.2, 0.25) is 0 Å². The van der Waals surface area contributed by atoms with Crippen molar-refractivity contribution in [3.05, 3.63) is 65.4 Å². The molecular formula is C19H18N2O3. The number of anilines is 1. The first-order chi connectivity index (χ1) is 11.5. The van der Waals surface area contributed by atoms with Crippen molar-refractivity contribution in [2.75, 3.05) is 5.32 Å². The summed E-state index contributed by atoms with van der Waals surface area (Å²) in [7, 11) is 0. The van der Waals surface area contributed by atoms with Crippen molar-refractivity contribution in [3.8, 4) is 0 Å². The van der Waals surface area contributed by atoms with Crippen molar-refractivity contribution in [2.45, 2.75) is 20.4 Å². The molecule has 0 fully saturated rings. The fraction of sp³-hybridized carbons (Fsp3) is 0.158. The summed E-state index contributed by atoms with van der Waals surface area (Å²) in [5, 5.41) is 12.8. The molecule has 0 saturated carbocycles. The van der Waals surface area contributed by atoms with Gasteiger partial charge in [0, 0.05) is 23.1 Å². The molecule has 1 aromatic heterocycles. The molecule has 2 aromatic carbocycles. The molecule has 0 bridgehead atoms. The topological polar surface area (TPSA) is 71.3 Å². The third-order valence-electron chi connectivity index (χ3n) is 4.14. The molecule has 0 aliphatic rings. The standard InChI is InChI=1S/C19H18N2O3/c1-3-21-16-7-5-4-6-15(16)12(2)17(21)18(22)20-14-10-8-13(9-11-14)19(23)24/h4-11H,3H2,1-2H3,(H,20,22)(H,23,24). The number of rotatable bonds is 4. The summed E-state index contributed by atoms with van der Waals surface area (Å²) < 4.78 is 1.99. The number of carboxylic acid groups (broad SMARTS) is 1. The van der Waals surface area contributed by atoms with Crippen LogP contribution < -0.4 is 5.32 Å². The van der Waals surface area contributed by atoms with E-state index in [0.29, 0.717) is 17.9 Å². The lowest BCUT2D eigenvalue weighted by Gasteiger charge is -2.10. The summed E-state index contributed by atoms with van der Waals surface area (Å²) in [6, 6.07) is 14.1. The Morgan fingerprint density at radius 2 is 1.75 bits per heavy atom. The average molecular weight is 322 g/mol. The van der Waals surface area contributed by atoms with Crippen LogP contribution >= 0.6 is 0 Å². The largest absolute Gasteiger partial charge is 0.478 e. The minimum Gasteiger partial charge on any atom is -0.478 e. The minimum atomic E-state index is -0.991. The number of nitrogens with zero attached hydrogens (tertiary/aromatic N) is 1. The van der Waals surface area contributed by atoms with Crippen LogP contribution in [0.1, 0.15) is 33.3 Å². The fourth-order valence-corrected chi connectivity index (χ4v) is 2.98. The summed E-state index contributed by atoms with van der Waals surface area (Å²) >= 11 is 0. The highest BCUT2D eigenvalue weighted by molar-refractivity contribution is 6.08. The molecule has 0 atom stereocenters. The number of hydrogen-bond donors (Lipinski definition) is 2. The second-order valence-corrected chi connectivity index (χ2v) is 5.57. The van der Waals surface area contributed by atoms with Crippen molar-refractivity contribution in [1.82, 2.24) is 4.57 Å². The molecule has 122 valence electrons. The number of carbonyl (C=O) groups excluding carboxylic acids is 1. The highest BCUT2D eigenvalue weighted by Gasteiger charge is 2.19. The monoisotopic (exact) mass is 322 g/mol. The van der Waals surface area contributed by atoms with Gasteiger partial charge in [-0.1, -0.05) is 18.2 Å². The highest BCUT2D eigenvalue weighted by Crippen LogP contribution is 2.26. The molecule has 5 nitrogen and oxygen atoms in total. The molecule has 2 N–H and O–H groups in total. The Morgan fingerprint density at radius 1 is 1.08 bits per heavy atom. The Labute approximate surface area is 139 Å². The van der Waals surface area contributed by atoms with Crippen LogP contribution in [0, 0.1) is 6.92 Å². The first kappa shape index (κ1) is 15.8. The number of benzene rings is 2. The molecule has 0 saturated heterocycles. The van der Waals surface area contributed by atoms with Crippen molar-refractivity contribution >= 4 is 28.5 Å². The molecule has 1 heterocycles. The van der Waals surface area contributed by atoms with E-state index in [1.807, 2.05) is 42.7 Å². The van der Waals surface area contributed by atoms with Gasteiger partial charge in [-0.3, -0.25) is 4.79 Å². The number of para-hydroxylation sites is 1. The van der Waals surface area contributed by atoms with Gasteiger partial charge in [-0.15, -0.1) is 0 Å². The number of fused-ring (bicyclic) bond motifs is 1. The van der Waals surface area contributed by atoms with Crippen molar-refractivity contribution in [3.63, 3.8) is 0 Å². The molecule has 0 spiro atoms. The maximum atomic E-state index is 12.8. The molecule has 1 amide bonds. The van der Waals surface area contributed by atoms with Crippen LogP contribution in [-0.2, 0) is 6.54 Å². The number of aryl methyl sites for hydroxylation is 2. The quantitative estimate of drug-likeness (QED) is 0.765. The number of aromatic nitrogens is 1. The van der Waals surface area contributed by atoms with Gasteiger partial charge in [-0.25, -0.2) is 4.79 Å². The van der Waals surface area contributed by atoms with Gasteiger partial charge in [0.15, 0.2) is 0 Å². The average Bonchev–Trinajstić information content (AvgIpc) is 2.88. The molecule has 0 radical (unpaired) electrons. The summed E-state index contributed by atoms with van der Waals surface area (Å²) in [5.74, 6) is -1.19. The normalized spacial score (nSPS) is 10.8. The van der Waals surface area contributed by atoms with Crippen molar-refractivity contribution < 1.29 is 14.7 Å². The van der Waals surface area contributed by atoms with E-state index in [0.717, 1.165) is 16.5 Å². The predicted octanol–water partition coefficient (Wildman–Crippen LogP) is 3.92. The molecule has 0 aliphatic carbocycles. The van der Waals surface area contributed by atoms with Crippen molar-refractivity contribution in [1.29, 1.82) is 0 Å². The second-order valence-electron chi connectivity index (χ2n) is 5.57. The van der Waals surface area contributed by atoms with Gasteiger partial charge in [0.25, 0.3) is 5.91 Å². The van der Waals surface area contributed by atoms with Crippen LogP contribution in [-0.4, -0.2) is 21.6 Å². The molecule has 0 aliphatic heterocycles. The van der Waals surface area contributed by atoms with Crippen molar-refractivity contribution in [2.24, 2.45) is 0 Å². The van der Waals surface area contributed by atoms with Gasteiger partial charge in [0.1, 0.15) is 5.69 Å². The molecule has 5 heteroatoms. The van der Waals surface area contributed by atoms with Gasteiger partial charge in [-0.05, 0) is 49.7 Å². The SMILES string of the molecule is CCn1c(C(=O)Nc2ccc(C(=O)O)cc2)c(C)c2ccccc21. The van der Waals surface area contributed by atoms with Gasteiger partial charge < -0.3 is 15.0 Å². The number of aromatic carboxylic acids is 1. The Hall–Kier alpha value is -3.08. The fourth-order valence-electron chi connectivity index (χ4n) is 2.98. The lowest BCUT2D eigenvalue weighted by atomic mass is 10.1. The first-order valence-corrected chi connectivity index (χ1v) is 7.75. The Morgan fingerprint density at radius 3 is 2.38 bits per heavy atom. The van der Waals surface area contributed by atoms with Crippen LogP contribution in [0.4, 0.5) is 5.69 Å². The van der Waals surface area contributed by atoms with Gasteiger partial charge in [-0.2, -0.15) is 0 Å². The first-order valence-electron chi connectivity index (χ1n) is 7.75. The molecular weight excluding hydrogens is 304 g/mol. The van der Waals surface area contributed by atoms with Crippen LogP contribution in [0.3, 0.4) is 0 Å². The summed E-state index contributed by atoms with van der Waals surface area (Å²) in [6.07, 6.45) is 0. The van der Waals surface area contributed by atoms with Gasteiger partial charge >= 0.3 is 5.97 Å². The van der Waals surface area contributed by atoms with E-state index in [9.17, 15) is 9.59 Å². The Kier molecular flexibility index (Phi) is 4.08. The smallest absolute Gasteiger partial charge is 0.335 e. The molecule has 24 heavy (non-hydrogen) atoms. The van der Waals surface area contributed by atoms with E-state index < -0.39 is 5.97 Å². The number of carbonyl (C=O) groups is 2. The summed E-state index contributed by atoms with van der Waals surface area (Å²) in [5.41, 5.74) is 3.35. The highest BCUT2D eigenvalue weighted by atomic mass is 16.4. The molecule has 0 unspecified atom stereocenters. The number of hydrogen-bond acceptors (Lipinski definition) is 2. The molecule has 3 aromatic rings. The Balaban J connectivity index is 1.97. The zero-order chi connectivity index (χ0) is 17.3. The van der Waals surface area contributed by atoms with Crippen LogP contribution in [0.5, 0.6) is 0 Å². The van der Waals surface area contributed by atoms with E-state index in [1.54, 1.807) is 12.1 Å². The number of amides is 1. The van der Waals surface area contributed by atoms with Crippen LogP contribution in [0.15, 0.2) is 48.5 Å². The van der Waals surface area contributed by atoms with Gasteiger partial charge in [0.05, 0.1) is 5.56 Å². The van der Waals surface area contributed by atoms with E-state index in [1.165, 1.54) is 12.1 Å². The lowest BCUT2D eigenvalue weighted by Crippen LogP contribution is -2.18. The summed E-state index contributed by atoms with van der Waals surface area (Å²) in [6.45, 7) is 4.64. The summed E-state index contributed by atoms with van der Waals surface area (Å²) in [4.78, 5) is 23.6. The minimum absolute atomic E-state index is 0.187. The van der Waals surface area contributed by atoms with E-state index >= 15 is 0 Å². The third-order valence-corrected chi connectivity index (χ3v) is 4.14. The lowest BCUT2D eigenvalue weighted by molar-refractivity contribution is 0.0696. The molecule has 3 rings (SSSR count). The maximum Gasteiger partial charge on any atom is 0.335 e. The second kappa shape index (κ2) is 6.20. The maximum absolute atomic E-state index is 12.8.